The normalized spacial score (nSPS) is 20.4. The van der Waals surface area contributed by atoms with E-state index in [1.165, 1.54) is 64.2 Å². The first-order chi connectivity index (χ1) is 8.29. The molecule has 0 bridgehead atoms. The zero-order valence-corrected chi connectivity index (χ0v) is 11.9. The molecule has 1 atom stereocenters. The number of hydrogen-bond donors (Lipinski definition) is 1. The molecule has 0 saturated heterocycles. The van der Waals surface area contributed by atoms with Crippen LogP contribution in [0.5, 0.6) is 0 Å². The van der Waals surface area contributed by atoms with Gasteiger partial charge in [0.2, 0.25) is 0 Å². The Morgan fingerprint density at radius 3 is 2.47 bits per heavy atom. The topological polar surface area (TPSA) is 12.0 Å². The fourth-order valence-electron chi connectivity index (χ4n) is 3.60. The molecular weight excluding hydrogens is 206 g/mol. The van der Waals surface area contributed by atoms with Crippen molar-refractivity contribution in [3.8, 4) is 0 Å². The smallest absolute Gasteiger partial charge is 0.0120 e. The van der Waals surface area contributed by atoms with Crippen molar-refractivity contribution < 1.29 is 0 Å². The molecule has 0 heterocycles. The second kappa shape index (κ2) is 7.92. The van der Waals surface area contributed by atoms with Crippen molar-refractivity contribution in [1.82, 2.24) is 5.32 Å². The molecule has 1 unspecified atom stereocenters. The van der Waals surface area contributed by atoms with Crippen LogP contribution in [0.1, 0.15) is 71.1 Å². The number of nitrogens with one attached hydrogen (secondary N) is 1. The maximum atomic E-state index is 3.78. The van der Waals surface area contributed by atoms with E-state index in [9.17, 15) is 0 Å². The van der Waals surface area contributed by atoms with Gasteiger partial charge in [-0.15, -0.1) is 6.58 Å². The van der Waals surface area contributed by atoms with Crippen LogP contribution in [0, 0.1) is 5.41 Å². The van der Waals surface area contributed by atoms with Gasteiger partial charge in [-0.2, -0.15) is 0 Å². The Kier molecular flexibility index (Phi) is 6.87. The standard InChI is InChI=1S/C16H31N/c1-4-6-7-8-9-12-15(17-3)16(5-2)13-10-11-14-16/h4,15,17H,1,5-14H2,2-3H3. The Morgan fingerprint density at radius 1 is 1.24 bits per heavy atom. The zero-order chi connectivity index (χ0) is 12.6. The first kappa shape index (κ1) is 14.8. The van der Waals surface area contributed by atoms with Crippen molar-refractivity contribution >= 4 is 0 Å². The highest BCUT2D eigenvalue weighted by atomic mass is 14.9. The highest BCUT2D eigenvalue weighted by Crippen LogP contribution is 2.45. The van der Waals surface area contributed by atoms with Crippen molar-refractivity contribution in [2.24, 2.45) is 5.41 Å². The van der Waals surface area contributed by atoms with Crippen LogP contribution in [0.3, 0.4) is 0 Å². The maximum absolute atomic E-state index is 3.78. The second-order valence-corrected chi connectivity index (χ2v) is 5.69. The highest BCUT2D eigenvalue weighted by molar-refractivity contribution is 4.93. The van der Waals surface area contributed by atoms with Crippen LogP contribution in [0.25, 0.3) is 0 Å². The Bertz CT molecular complexity index is 204. The summed E-state index contributed by atoms with van der Waals surface area (Å²) in [6.07, 6.45) is 15.8. The summed E-state index contributed by atoms with van der Waals surface area (Å²) in [5, 5.41) is 3.61. The van der Waals surface area contributed by atoms with Crippen LogP contribution in [0.4, 0.5) is 0 Å². The molecule has 17 heavy (non-hydrogen) atoms. The summed E-state index contributed by atoms with van der Waals surface area (Å²) in [4.78, 5) is 0. The third-order valence-electron chi connectivity index (χ3n) is 4.79. The SMILES string of the molecule is C=CCCCCCC(NC)C1(CC)CCCC1. The van der Waals surface area contributed by atoms with Gasteiger partial charge in [0.25, 0.3) is 0 Å². The average Bonchev–Trinajstić information content (AvgIpc) is 2.83. The molecule has 1 aliphatic rings. The lowest BCUT2D eigenvalue weighted by Crippen LogP contribution is -2.41. The van der Waals surface area contributed by atoms with Crippen LogP contribution in [-0.4, -0.2) is 13.1 Å². The summed E-state index contributed by atoms with van der Waals surface area (Å²) in [6.45, 7) is 6.17. The molecule has 0 aromatic rings. The van der Waals surface area contributed by atoms with Gasteiger partial charge in [0.05, 0.1) is 0 Å². The predicted molar refractivity (Wildman–Crippen MR) is 77.3 cm³/mol. The van der Waals surface area contributed by atoms with Gasteiger partial charge >= 0.3 is 0 Å². The minimum Gasteiger partial charge on any atom is -0.316 e. The average molecular weight is 237 g/mol. The fourth-order valence-corrected chi connectivity index (χ4v) is 3.60. The number of hydrogen-bond acceptors (Lipinski definition) is 1. The van der Waals surface area contributed by atoms with Gasteiger partial charge in [0.1, 0.15) is 0 Å². The summed E-state index contributed by atoms with van der Waals surface area (Å²) in [5.41, 5.74) is 0.618. The Labute approximate surface area is 108 Å². The molecule has 0 aromatic carbocycles. The van der Waals surface area contributed by atoms with E-state index in [-0.39, 0.29) is 0 Å². The Morgan fingerprint density at radius 2 is 1.94 bits per heavy atom. The summed E-state index contributed by atoms with van der Waals surface area (Å²) in [6, 6.07) is 0.749. The highest BCUT2D eigenvalue weighted by Gasteiger charge is 2.38. The van der Waals surface area contributed by atoms with Gasteiger partial charge in [0.15, 0.2) is 0 Å². The predicted octanol–water partition coefficient (Wildman–Crippen LogP) is 4.68. The maximum Gasteiger partial charge on any atom is 0.0120 e. The van der Waals surface area contributed by atoms with Crippen LogP contribution in [0.15, 0.2) is 12.7 Å². The Hall–Kier alpha value is -0.300. The van der Waals surface area contributed by atoms with E-state index in [0.29, 0.717) is 5.41 Å². The largest absolute Gasteiger partial charge is 0.316 e. The number of allylic oxidation sites excluding steroid dienone is 1. The summed E-state index contributed by atoms with van der Waals surface area (Å²) >= 11 is 0. The van der Waals surface area contributed by atoms with Crippen LogP contribution < -0.4 is 5.32 Å². The summed E-state index contributed by atoms with van der Waals surface area (Å²) in [5.74, 6) is 0. The van der Waals surface area contributed by atoms with Gasteiger partial charge in [0, 0.05) is 6.04 Å². The molecule has 0 aliphatic heterocycles. The number of rotatable bonds is 9. The van der Waals surface area contributed by atoms with E-state index in [1.54, 1.807) is 0 Å². The first-order valence-corrected chi connectivity index (χ1v) is 7.57. The van der Waals surface area contributed by atoms with Gasteiger partial charge < -0.3 is 5.32 Å². The van der Waals surface area contributed by atoms with E-state index in [0.717, 1.165) is 6.04 Å². The molecule has 100 valence electrons. The van der Waals surface area contributed by atoms with E-state index >= 15 is 0 Å². The second-order valence-electron chi connectivity index (χ2n) is 5.69. The monoisotopic (exact) mass is 237 g/mol. The molecule has 0 spiro atoms. The Balaban J connectivity index is 2.33. The lowest BCUT2D eigenvalue weighted by molar-refractivity contribution is 0.181. The van der Waals surface area contributed by atoms with Gasteiger partial charge in [-0.25, -0.2) is 0 Å². The molecule has 1 N–H and O–H groups in total. The molecule has 1 saturated carbocycles. The van der Waals surface area contributed by atoms with Crippen molar-refractivity contribution in [1.29, 1.82) is 0 Å². The van der Waals surface area contributed by atoms with E-state index < -0.39 is 0 Å². The third kappa shape index (κ3) is 4.13. The van der Waals surface area contributed by atoms with Crippen LogP contribution in [0.2, 0.25) is 0 Å². The van der Waals surface area contributed by atoms with E-state index in [4.69, 9.17) is 0 Å². The van der Waals surface area contributed by atoms with Crippen molar-refractivity contribution in [2.45, 2.75) is 77.2 Å². The minimum atomic E-state index is 0.618. The van der Waals surface area contributed by atoms with Crippen molar-refractivity contribution in [2.75, 3.05) is 7.05 Å². The molecule has 1 aliphatic carbocycles. The number of unbranched alkanes of at least 4 members (excludes halogenated alkanes) is 3. The van der Waals surface area contributed by atoms with E-state index in [1.807, 2.05) is 6.08 Å². The van der Waals surface area contributed by atoms with Crippen molar-refractivity contribution in [3.63, 3.8) is 0 Å². The summed E-state index contributed by atoms with van der Waals surface area (Å²) in [7, 11) is 2.16. The summed E-state index contributed by atoms with van der Waals surface area (Å²) < 4.78 is 0. The van der Waals surface area contributed by atoms with Crippen LogP contribution in [-0.2, 0) is 0 Å². The zero-order valence-electron chi connectivity index (χ0n) is 11.9. The van der Waals surface area contributed by atoms with Gasteiger partial charge in [-0.3, -0.25) is 0 Å². The molecule has 0 aromatic heterocycles. The van der Waals surface area contributed by atoms with Gasteiger partial charge in [-0.05, 0) is 51.0 Å². The van der Waals surface area contributed by atoms with E-state index in [2.05, 4.69) is 25.9 Å². The fraction of sp³-hybridized carbons (Fsp3) is 0.875. The lowest BCUT2D eigenvalue weighted by atomic mass is 9.74. The lowest BCUT2D eigenvalue weighted by Gasteiger charge is -2.37. The first-order valence-electron chi connectivity index (χ1n) is 7.57. The molecule has 1 fully saturated rings. The van der Waals surface area contributed by atoms with Crippen molar-refractivity contribution in [3.05, 3.63) is 12.7 Å². The third-order valence-corrected chi connectivity index (χ3v) is 4.79. The molecule has 0 amide bonds. The van der Waals surface area contributed by atoms with Crippen LogP contribution >= 0.6 is 0 Å². The molecule has 0 radical (unpaired) electrons. The quantitative estimate of drug-likeness (QED) is 0.453. The van der Waals surface area contributed by atoms with Gasteiger partial charge in [-0.1, -0.05) is 38.7 Å². The molecule has 1 rings (SSSR count). The molecular formula is C16H31N. The molecule has 1 nitrogen and oxygen atoms in total. The minimum absolute atomic E-state index is 0.618. The molecule has 1 heteroatoms.